The molecule has 0 aliphatic heterocycles. The number of nitrogens with zero attached hydrogens (tertiary/aromatic N) is 1. The normalized spacial score (nSPS) is 10.7. The summed E-state index contributed by atoms with van der Waals surface area (Å²) in [7, 11) is 0. The van der Waals surface area contributed by atoms with Gasteiger partial charge in [-0.05, 0) is 61.5 Å². The molecule has 4 rings (SSSR count). The van der Waals surface area contributed by atoms with Gasteiger partial charge in [-0.15, -0.1) is 0 Å². The number of amides is 1. The van der Waals surface area contributed by atoms with Crippen molar-refractivity contribution < 1.29 is 13.9 Å². The molecule has 0 aliphatic carbocycles. The minimum atomic E-state index is -0.445. The van der Waals surface area contributed by atoms with Gasteiger partial charge in [0.05, 0.1) is 23.1 Å². The Morgan fingerprint density at radius 1 is 1.10 bits per heavy atom. The minimum absolute atomic E-state index is 0.216. The van der Waals surface area contributed by atoms with E-state index in [9.17, 15) is 9.59 Å². The molecule has 0 atom stereocenters. The van der Waals surface area contributed by atoms with E-state index in [4.69, 9.17) is 20.8 Å². The number of aromatic nitrogens is 1. The highest BCUT2D eigenvalue weighted by atomic mass is 35.5. The van der Waals surface area contributed by atoms with Gasteiger partial charge in [-0.2, -0.15) is 0 Å². The molecule has 0 aliphatic rings. The van der Waals surface area contributed by atoms with E-state index < -0.39 is 5.63 Å². The molecule has 30 heavy (non-hydrogen) atoms. The molecule has 150 valence electrons. The zero-order valence-electron chi connectivity index (χ0n) is 16.0. The van der Waals surface area contributed by atoms with Gasteiger partial charge in [0.15, 0.2) is 0 Å². The molecule has 1 amide bonds. The summed E-state index contributed by atoms with van der Waals surface area (Å²) in [4.78, 5) is 29.2. The average molecular weight is 421 g/mol. The molecule has 1 heterocycles. The van der Waals surface area contributed by atoms with Gasteiger partial charge in [0, 0.05) is 16.3 Å². The van der Waals surface area contributed by atoms with E-state index in [1.165, 1.54) is 0 Å². The first-order valence-corrected chi connectivity index (χ1v) is 9.67. The largest absolute Gasteiger partial charge is 0.493 e. The molecule has 0 spiro atoms. The molecule has 3 aromatic carbocycles. The number of halogens is 1. The highest BCUT2D eigenvalue weighted by molar-refractivity contribution is 6.31. The summed E-state index contributed by atoms with van der Waals surface area (Å²) in [5.41, 5.74) is 1.70. The lowest BCUT2D eigenvalue weighted by Gasteiger charge is -2.11. The van der Waals surface area contributed by atoms with E-state index in [1.54, 1.807) is 60.7 Å². The molecule has 0 fully saturated rings. The fourth-order valence-corrected chi connectivity index (χ4v) is 3.16. The van der Waals surface area contributed by atoms with E-state index in [0.717, 1.165) is 0 Å². The molecule has 0 radical (unpaired) electrons. The van der Waals surface area contributed by atoms with Crippen LogP contribution < -0.4 is 15.7 Å². The molecule has 7 heteroatoms. The fraction of sp³-hybridized carbons (Fsp3) is 0.0870. The zero-order valence-corrected chi connectivity index (χ0v) is 16.8. The van der Waals surface area contributed by atoms with Gasteiger partial charge in [0.1, 0.15) is 5.75 Å². The molecule has 1 N–H and O–H groups in total. The first kappa shape index (κ1) is 19.7. The lowest BCUT2D eigenvalue weighted by atomic mass is 10.1. The van der Waals surface area contributed by atoms with Crippen molar-refractivity contribution in [3.8, 4) is 17.2 Å². The topological polar surface area (TPSA) is 81.4 Å². The summed E-state index contributed by atoms with van der Waals surface area (Å²) in [6.07, 6.45) is 0. The van der Waals surface area contributed by atoms with Crippen LogP contribution in [-0.2, 0) is 0 Å². The van der Waals surface area contributed by atoms with Crippen LogP contribution in [0.4, 0.5) is 5.69 Å². The van der Waals surface area contributed by atoms with Crippen molar-refractivity contribution >= 4 is 34.1 Å². The highest BCUT2D eigenvalue weighted by Crippen LogP contribution is 2.25. The smallest absolute Gasteiger partial charge is 0.347 e. The maximum absolute atomic E-state index is 12.7. The number of anilines is 1. The van der Waals surface area contributed by atoms with Crippen molar-refractivity contribution in [3.63, 3.8) is 0 Å². The van der Waals surface area contributed by atoms with Crippen LogP contribution in [0.2, 0.25) is 5.02 Å². The van der Waals surface area contributed by atoms with E-state index in [0.29, 0.717) is 45.1 Å². The van der Waals surface area contributed by atoms with Crippen LogP contribution in [0.25, 0.3) is 22.4 Å². The van der Waals surface area contributed by atoms with Gasteiger partial charge >= 0.3 is 5.63 Å². The number of ether oxygens (including phenoxy) is 1. The number of nitrogens with one attached hydrogen (secondary N) is 1. The number of para-hydroxylation sites is 1. The third-order valence-electron chi connectivity index (χ3n) is 4.41. The lowest BCUT2D eigenvalue weighted by Crippen LogP contribution is -2.13. The maximum Gasteiger partial charge on any atom is 0.347 e. The second kappa shape index (κ2) is 8.39. The molecule has 0 saturated heterocycles. The van der Waals surface area contributed by atoms with Gasteiger partial charge < -0.3 is 14.5 Å². The summed E-state index contributed by atoms with van der Waals surface area (Å²) >= 11 is 5.99. The van der Waals surface area contributed by atoms with E-state index in [-0.39, 0.29) is 11.8 Å². The van der Waals surface area contributed by atoms with Crippen molar-refractivity contribution in [2.75, 3.05) is 11.9 Å². The quantitative estimate of drug-likeness (QED) is 0.482. The van der Waals surface area contributed by atoms with Crippen molar-refractivity contribution in [2.45, 2.75) is 6.92 Å². The summed E-state index contributed by atoms with van der Waals surface area (Å²) in [6.45, 7) is 2.25. The van der Waals surface area contributed by atoms with Crippen LogP contribution in [0.1, 0.15) is 17.3 Å². The summed E-state index contributed by atoms with van der Waals surface area (Å²) in [5, 5.41) is 3.74. The van der Waals surface area contributed by atoms with Crippen LogP contribution in [0.15, 0.2) is 75.9 Å². The molecular weight excluding hydrogens is 404 g/mol. The molecule has 0 unspecified atom stereocenters. The number of carbonyl (C=O) groups is 1. The van der Waals surface area contributed by atoms with Crippen molar-refractivity contribution in [1.29, 1.82) is 0 Å². The number of rotatable bonds is 5. The van der Waals surface area contributed by atoms with Gasteiger partial charge in [-0.25, -0.2) is 9.78 Å². The highest BCUT2D eigenvalue weighted by Gasteiger charge is 2.14. The second-order valence-corrected chi connectivity index (χ2v) is 6.87. The summed E-state index contributed by atoms with van der Waals surface area (Å²) in [5.74, 6) is 0.312. The van der Waals surface area contributed by atoms with Crippen molar-refractivity contribution in [1.82, 2.24) is 4.98 Å². The van der Waals surface area contributed by atoms with E-state index in [1.807, 2.05) is 13.0 Å². The molecule has 4 aromatic rings. The molecule has 1 aromatic heterocycles. The van der Waals surface area contributed by atoms with E-state index >= 15 is 0 Å². The van der Waals surface area contributed by atoms with Gasteiger partial charge in [-0.1, -0.05) is 23.7 Å². The molecule has 0 bridgehead atoms. The van der Waals surface area contributed by atoms with Gasteiger partial charge in [0.25, 0.3) is 5.91 Å². The number of carbonyl (C=O) groups excluding carboxylic acids is 1. The SMILES string of the molecule is CCOc1cc(Cl)ccc1C(=O)Nc1ccc(-c2nc3ccccc3c(=O)o2)cc1. The Balaban J connectivity index is 1.58. The van der Waals surface area contributed by atoms with Crippen molar-refractivity contribution in [2.24, 2.45) is 0 Å². The van der Waals surface area contributed by atoms with Crippen LogP contribution in [0, 0.1) is 0 Å². The molecule has 0 saturated carbocycles. The van der Waals surface area contributed by atoms with Crippen LogP contribution >= 0.6 is 11.6 Å². The first-order valence-electron chi connectivity index (χ1n) is 9.29. The standard InChI is InChI=1S/C23H17ClN2O4/c1-2-29-20-13-15(24)9-12-18(20)21(27)25-16-10-7-14(8-11-16)22-26-19-6-4-3-5-17(19)23(28)30-22/h3-13H,2H2,1H3,(H,25,27). The third-order valence-corrected chi connectivity index (χ3v) is 4.65. The first-order chi connectivity index (χ1) is 14.5. The predicted molar refractivity (Wildman–Crippen MR) is 116 cm³/mol. The number of hydrogen-bond donors (Lipinski definition) is 1. The second-order valence-electron chi connectivity index (χ2n) is 6.43. The van der Waals surface area contributed by atoms with E-state index in [2.05, 4.69) is 10.3 Å². The fourth-order valence-electron chi connectivity index (χ4n) is 3.00. The number of hydrogen-bond acceptors (Lipinski definition) is 5. The Morgan fingerprint density at radius 2 is 1.87 bits per heavy atom. The van der Waals surface area contributed by atoms with Crippen LogP contribution in [-0.4, -0.2) is 17.5 Å². The Morgan fingerprint density at radius 3 is 2.63 bits per heavy atom. The third kappa shape index (κ3) is 4.04. The number of fused-ring (bicyclic) bond motifs is 1. The average Bonchev–Trinajstić information content (AvgIpc) is 2.74. The molecular formula is C23H17ClN2O4. The van der Waals surface area contributed by atoms with Gasteiger partial charge in [-0.3, -0.25) is 4.79 Å². The summed E-state index contributed by atoms with van der Waals surface area (Å²) < 4.78 is 10.8. The van der Waals surface area contributed by atoms with Gasteiger partial charge in [0.2, 0.25) is 5.89 Å². The maximum atomic E-state index is 12.7. The van der Waals surface area contributed by atoms with Crippen molar-refractivity contribution in [3.05, 3.63) is 87.7 Å². The summed E-state index contributed by atoms with van der Waals surface area (Å²) in [6, 6.07) is 18.7. The minimum Gasteiger partial charge on any atom is -0.493 e. The Bertz CT molecular complexity index is 1280. The predicted octanol–water partition coefficient (Wildman–Crippen LogP) is 5.16. The monoisotopic (exact) mass is 420 g/mol. The Kier molecular flexibility index (Phi) is 5.50. The Hall–Kier alpha value is -3.64. The Labute approximate surface area is 177 Å². The number of benzene rings is 3. The lowest BCUT2D eigenvalue weighted by molar-refractivity contribution is 0.102. The van der Waals surface area contributed by atoms with Crippen LogP contribution in [0.3, 0.4) is 0 Å². The van der Waals surface area contributed by atoms with Crippen LogP contribution in [0.5, 0.6) is 5.75 Å². The molecule has 6 nitrogen and oxygen atoms in total. The zero-order chi connectivity index (χ0) is 21.1.